The zero-order valence-electron chi connectivity index (χ0n) is 10.9. The van der Waals surface area contributed by atoms with Gasteiger partial charge in [-0.2, -0.15) is 11.8 Å². The highest BCUT2D eigenvalue weighted by atomic mass is 32.2. The van der Waals surface area contributed by atoms with E-state index in [4.69, 9.17) is 15.6 Å². The molecule has 0 aromatic heterocycles. The predicted molar refractivity (Wildman–Crippen MR) is 76.2 cm³/mol. The van der Waals surface area contributed by atoms with Crippen LogP contribution in [-0.4, -0.2) is 29.3 Å². The summed E-state index contributed by atoms with van der Waals surface area (Å²) >= 11 is 1.79. The van der Waals surface area contributed by atoms with Gasteiger partial charge in [0.15, 0.2) is 0 Å². The van der Waals surface area contributed by atoms with Gasteiger partial charge in [-0.1, -0.05) is 13.0 Å². The molecule has 3 unspecified atom stereocenters. The minimum Gasteiger partial charge on any atom is -0.497 e. The molecule has 3 N–H and O–H groups in total. The number of methoxy groups -OCH3 is 1. The first-order chi connectivity index (χ1) is 8.65. The Morgan fingerprint density at radius 1 is 1.56 bits per heavy atom. The normalized spacial score (nSPS) is 24.4. The minimum atomic E-state index is 0.0304. The van der Waals surface area contributed by atoms with E-state index >= 15 is 0 Å². The van der Waals surface area contributed by atoms with Crippen molar-refractivity contribution in [2.75, 3.05) is 13.7 Å². The maximum absolute atomic E-state index is 9.15. The van der Waals surface area contributed by atoms with Crippen molar-refractivity contribution in [1.82, 2.24) is 0 Å². The monoisotopic (exact) mass is 267 g/mol. The summed E-state index contributed by atoms with van der Waals surface area (Å²) in [5.74, 6) is 0.866. The van der Waals surface area contributed by atoms with Crippen LogP contribution in [0.15, 0.2) is 18.2 Å². The first-order valence-corrected chi connectivity index (χ1v) is 7.28. The molecule has 1 aliphatic rings. The average Bonchev–Trinajstić information content (AvgIpc) is 2.41. The van der Waals surface area contributed by atoms with Gasteiger partial charge < -0.3 is 15.6 Å². The van der Waals surface area contributed by atoms with Gasteiger partial charge in [0, 0.05) is 16.5 Å². The van der Waals surface area contributed by atoms with Crippen molar-refractivity contribution >= 4 is 11.8 Å². The van der Waals surface area contributed by atoms with Gasteiger partial charge in [0.25, 0.3) is 0 Å². The predicted octanol–water partition coefficient (Wildman–Crippen LogP) is 2.12. The molecule has 0 radical (unpaired) electrons. The smallest absolute Gasteiger partial charge is 0.119 e. The molecule has 3 atom stereocenters. The van der Waals surface area contributed by atoms with Gasteiger partial charge in [-0.25, -0.2) is 0 Å². The third-order valence-electron chi connectivity index (χ3n) is 3.48. The van der Waals surface area contributed by atoms with Crippen LogP contribution < -0.4 is 10.5 Å². The maximum Gasteiger partial charge on any atom is 0.119 e. The van der Waals surface area contributed by atoms with Crippen LogP contribution in [0.25, 0.3) is 0 Å². The summed E-state index contributed by atoms with van der Waals surface area (Å²) in [7, 11) is 1.68. The zero-order valence-corrected chi connectivity index (χ0v) is 11.7. The molecule has 1 aliphatic carbocycles. The lowest BCUT2D eigenvalue weighted by atomic mass is 9.87. The van der Waals surface area contributed by atoms with Crippen molar-refractivity contribution in [2.45, 2.75) is 36.3 Å². The first kappa shape index (κ1) is 13.7. The first-order valence-electron chi connectivity index (χ1n) is 6.34. The van der Waals surface area contributed by atoms with E-state index in [1.807, 2.05) is 13.0 Å². The lowest BCUT2D eigenvalue weighted by molar-refractivity contribution is 0.299. The molecule has 1 aromatic carbocycles. The van der Waals surface area contributed by atoms with E-state index in [1.165, 1.54) is 11.1 Å². The number of benzene rings is 1. The molecule has 18 heavy (non-hydrogen) atoms. The number of hydrogen-bond donors (Lipinski definition) is 2. The summed E-state index contributed by atoms with van der Waals surface area (Å²) < 4.78 is 5.26. The van der Waals surface area contributed by atoms with Crippen LogP contribution in [0.4, 0.5) is 0 Å². The Hall–Kier alpha value is -0.710. The van der Waals surface area contributed by atoms with Gasteiger partial charge in [-0.05, 0) is 36.1 Å². The number of rotatable bonds is 4. The molecule has 0 bridgehead atoms. The van der Waals surface area contributed by atoms with Gasteiger partial charge in [0.2, 0.25) is 0 Å². The van der Waals surface area contributed by atoms with Crippen molar-refractivity contribution in [1.29, 1.82) is 0 Å². The molecule has 0 amide bonds. The summed E-state index contributed by atoms with van der Waals surface area (Å²) in [4.78, 5) is 0. The molecule has 3 nitrogen and oxygen atoms in total. The number of hydrogen-bond acceptors (Lipinski definition) is 4. The molecule has 0 spiro atoms. The average molecular weight is 267 g/mol. The molecule has 2 rings (SSSR count). The summed E-state index contributed by atoms with van der Waals surface area (Å²) in [5.41, 5.74) is 8.89. The van der Waals surface area contributed by atoms with Gasteiger partial charge in [-0.15, -0.1) is 0 Å². The van der Waals surface area contributed by atoms with Gasteiger partial charge >= 0.3 is 0 Å². The Morgan fingerprint density at radius 2 is 2.33 bits per heavy atom. The van der Waals surface area contributed by atoms with Gasteiger partial charge in [0.05, 0.1) is 13.7 Å². The standard InChI is InChI=1S/C14H21NO2S/c1-9(8-16)18-13-6-4-10-3-5-11(17-2)7-12(10)14(13)15/h3,5,7,9,13-14,16H,4,6,8,15H2,1-2H3. The number of ether oxygens (including phenoxy) is 1. The molecule has 0 fully saturated rings. The number of fused-ring (bicyclic) bond motifs is 1. The van der Waals surface area contributed by atoms with Crippen LogP contribution in [0.3, 0.4) is 0 Å². The summed E-state index contributed by atoms with van der Waals surface area (Å²) in [5, 5.41) is 9.77. The van der Waals surface area contributed by atoms with Crippen molar-refractivity contribution in [3.05, 3.63) is 29.3 Å². The lowest BCUT2D eigenvalue weighted by Gasteiger charge is -2.32. The van der Waals surface area contributed by atoms with E-state index in [2.05, 4.69) is 12.1 Å². The molecule has 4 heteroatoms. The Kier molecular flexibility index (Phi) is 4.54. The highest BCUT2D eigenvalue weighted by Crippen LogP contribution is 2.38. The van der Waals surface area contributed by atoms with Crippen LogP contribution in [0.1, 0.15) is 30.5 Å². The summed E-state index contributed by atoms with van der Waals surface area (Å²) in [6.07, 6.45) is 2.14. The van der Waals surface area contributed by atoms with E-state index < -0.39 is 0 Å². The van der Waals surface area contributed by atoms with Crippen molar-refractivity contribution in [3.8, 4) is 5.75 Å². The minimum absolute atomic E-state index is 0.0304. The van der Waals surface area contributed by atoms with Crippen LogP contribution in [-0.2, 0) is 6.42 Å². The fourth-order valence-electron chi connectivity index (χ4n) is 2.41. The Labute approximate surface area is 113 Å². The number of aliphatic hydroxyl groups is 1. The van der Waals surface area contributed by atoms with E-state index in [0.717, 1.165) is 18.6 Å². The topological polar surface area (TPSA) is 55.5 Å². The van der Waals surface area contributed by atoms with Crippen molar-refractivity contribution < 1.29 is 9.84 Å². The Balaban J connectivity index is 2.18. The Morgan fingerprint density at radius 3 is 3.00 bits per heavy atom. The van der Waals surface area contributed by atoms with E-state index in [9.17, 15) is 0 Å². The summed E-state index contributed by atoms with van der Waals surface area (Å²) in [6, 6.07) is 6.19. The lowest BCUT2D eigenvalue weighted by Crippen LogP contribution is -2.31. The quantitative estimate of drug-likeness (QED) is 0.877. The number of aliphatic hydroxyl groups excluding tert-OH is 1. The third-order valence-corrected chi connectivity index (χ3v) is 4.97. The molecular formula is C14H21NO2S. The molecule has 0 aliphatic heterocycles. The fraction of sp³-hybridized carbons (Fsp3) is 0.571. The molecule has 0 saturated heterocycles. The fourth-order valence-corrected chi connectivity index (χ4v) is 3.66. The highest BCUT2D eigenvalue weighted by Gasteiger charge is 2.28. The zero-order chi connectivity index (χ0) is 13.1. The molecular weight excluding hydrogens is 246 g/mol. The second-order valence-corrected chi connectivity index (χ2v) is 6.48. The molecule has 100 valence electrons. The van der Waals surface area contributed by atoms with Gasteiger partial charge in [0.1, 0.15) is 5.75 Å². The molecule has 0 heterocycles. The largest absolute Gasteiger partial charge is 0.497 e. The Bertz CT molecular complexity index is 411. The van der Waals surface area contributed by atoms with Crippen molar-refractivity contribution in [3.63, 3.8) is 0 Å². The molecule has 0 saturated carbocycles. The van der Waals surface area contributed by atoms with Gasteiger partial charge in [-0.3, -0.25) is 0 Å². The van der Waals surface area contributed by atoms with Crippen LogP contribution >= 0.6 is 11.8 Å². The SMILES string of the molecule is COc1ccc2c(c1)C(N)C(SC(C)CO)CC2. The second-order valence-electron chi connectivity index (χ2n) is 4.80. The second kappa shape index (κ2) is 5.95. The van der Waals surface area contributed by atoms with Crippen molar-refractivity contribution in [2.24, 2.45) is 5.73 Å². The third kappa shape index (κ3) is 2.82. The van der Waals surface area contributed by atoms with Crippen LogP contribution in [0, 0.1) is 0 Å². The van der Waals surface area contributed by atoms with Crippen LogP contribution in [0.2, 0.25) is 0 Å². The number of thioether (sulfide) groups is 1. The van der Waals surface area contributed by atoms with E-state index in [1.54, 1.807) is 18.9 Å². The van der Waals surface area contributed by atoms with Crippen LogP contribution in [0.5, 0.6) is 5.75 Å². The summed E-state index contributed by atoms with van der Waals surface area (Å²) in [6.45, 7) is 2.25. The van der Waals surface area contributed by atoms with E-state index in [0.29, 0.717) is 5.25 Å². The molecule has 1 aromatic rings. The number of aryl methyl sites for hydroxylation is 1. The maximum atomic E-state index is 9.15. The van der Waals surface area contributed by atoms with E-state index in [-0.39, 0.29) is 17.9 Å². The number of nitrogens with two attached hydrogens (primary N) is 1. The highest BCUT2D eigenvalue weighted by molar-refractivity contribution is 8.00.